The van der Waals surface area contributed by atoms with Crippen LogP contribution in [0.3, 0.4) is 0 Å². The second-order valence-electron chi connectivity index (χ2n) is 6.35. The van der Waals surface area contributed by atoms with E-state index in [1.165, 1.54) is 6.92 Å². The van der Waals surface area contributed by atoms with E-state index in [0.717, 1.165) is 0 Å². The molecule has 17 heavy (non-hydrogen) atoms. The molecular weight excluding hydrogens is 220 g/mol. The second-order valence-corrected chi connectivity index (χ2v) is 6.35. The molecule has 4 aliphatic rings. The number of aliphatic hydroxyl groups is 2. The van der Waals surface area contributed by atoms with E-state index < -0.39 is 22.2 Å². The number of carbonyl (C=O) groups excluding carboxylic acids is 1. The fourth-order valence-electron chi connectivity index (χ4n) is 4.10. The van der Waals surface area contributed by atoms with Crippen LogP contribution in [0.15, 0.2) is 11.6 Å². The first-order chi connectivity index (χ1) is 7.66. The first-order valence-corrected chi connectivity index (χ1v) is 5.99. The maximum absolute atomic E-state index is 11.6. The van der Waals surface area contributed by atoms with Crippen molar-refractivity contribution in [2.75, 3.05) is 6.61 Å². The Morgan fingerprint density at radius 3 is 2.53 bits per heavy atom. The van der Waals surface area contributed by atoms with E-state index in [1.54, 1.807) is 6.08 Å². The molecule has 3 aliphatic carbocycles. The van der Waals surface area contributed by atoms with Crippen molar-refractivity contribution in [1.82, 2.24) is 0 Å². The lowest BCUT2D eigenvalue weighted by molar-refractivity contribution is -0.187. The van der Waals surface area contributed by atoms with Crippen LogP contribution < -0.4 is 0 Å². The van der Waals surface area contributed by atoms with E-state index in [2.05, 4.69) is 0 Å². The van der Waals surface area contributed by atoms with Gasteiger partial charge in [0.15, 0.2) is 5.78 Å². The lowest BCUT2D eigenvalue weighted by Crippen LogP contribution is -2.69. The number of hydrogen-bond acceptors (Lipinski definition) is 4. The molecule has 0 aromatic carbocycles. The van der Waals surface area contributed by atoms with Gasteiger partial charge < -0.3 is 14.9 Å². The van der Waals surface area contributed by atoms with Gasteiger partial charge in [-0.15, -0.1) is 0 Å². The molecule has 0 aromatic heterocycles. The van der Waals surface area contributed by atoms with Crippen LogP contribution in [0.2, 0.25) is 0 Å². The van der Waals surface area contributed by atoms with Crippen molar-refractivity contribution < 1.29 is 19.7 Å². The van der Waals surface area contributed by atoms with Crippen molar-refractivity contribution in [1.29, 1.82) is 0 Å². The van der Waals surface area contributed by atoms with Gasteiger partial charge in [0, 0.05) is 17.4 Å². The van der Waals surface area contributed by atoms with Crippen LogP contribution in [0.25, 0.3) is 0 Å². The van der Waals surface area contributed by atoms with Gasteiger partial charge in [0.2, 0.25) is 0 Å². The first kappa shape index (κ1) is 11.4. The fraction of sp³-hybridized carbons (Fsp3) is 0.769. The van der Waals surface area contributed by atoms with Gasteiger partial charge in [0.05, 0.1) is 12.2 Å². The van der Waals surface area contributed by atoms with Gasteiger partial charge in [-0.1, -0.05) is 6.92 Å². The molecule has 0 radical (unpaired) electrons. The highest BCUT2D eigenvalue weighted by Crippen LogP contribution is 2.65. The van der Waals surface area contributed by atoms with Crippen LogP contribution in [0.4, 0.5) is 0 Å². The highest BCUT2D eigenvalue weighted by molar-refractivity contribution is 5.96. The zero-order chi connectivity index (χ0) is 12.7. The first-order valence-electron chi connectivity index (χ1n) is 5.99. The average molecular weight is 238 g/mol. The summed E-state index contributed by atoms with van der Waals surface area (Å²) in [5.74, 6) is -0.170. The minimum atomic E-state index is -1.15. The predicted molar refractivity (Wildman–Crippen MR) is 60.4 cm³/mol. The summed E-state index contributed by atoms with van der Waals surface area (Å²) >= 11 is 0. The topological polar surface area (TPSA) is 66.8 Å². The summed E-state index contributed by atoms with van der Waals surface area (Å²) in [6.07, 6.45) is 2.23. The molecule has 2 fully saturated rings. The summed E-state index contributed by atoms with van der Waals surface area (Å²) in [4.78, 5) is 11.6. The number of Topliss-reactive ketones (excluding diaryl/α,β-unsaturated/α-hetero) is 1. The molecule has 2 N–H and O–H groups in total. The molecule has 1 saturated carbocycles. The number of carbonyl (C=O) groups is 1. The molecule has 1 aliphatic heterocycles. The molecule has 4 bridgehead atoms. The largest absolute Gasteiger partial charge is 0.385 e. The van der Waals surface area contributed by atoms with Gasteiger partial charge >= 0.3 is 0 Å². The molecule has 4 unspecified atom stereocenters. The SMILES string of the molecule is CC(=O)C1=CC2(O)C3(C)COC2(C)CC1(O)C3. The van der Waals surface area contributed by atoms with E-state index in [0.29, 0.717) is 18.6 Å². The predicted octanol–water partition coefficient (Wildman–Crippen LogP) is 0.567. The van der Waals surface area contributed by atoms with E-state index in [-0.39, 0.29) is 12.2 Å². The Morgan fingerprint density at radius 1 is 1.35 bits per heavy atom. The van der Waals surface area contributed by atoms with Crippen molar-refractivity contribution in [3.63, 3.8) is 0 Å². The fourth-order valence-corrected chi connectivity index (χ4v) is 4.10. The minimum Gasteiger partial charge on any atom is -0.385 e. The zero-order valence-electron chi connectivity index (χ0n) is 10.4. The van der Waals surface area contributed by atoms with Crippen LogP contribution in [0, 0.1) is 5.41 Å². The van der Waals surface area contributed by atoms with Gasteiger partial charge in [0.1, 0.15) is 11.2 Å². The highest BCUT2D eigenvalue weighted by Gasteiger charge is 2.74. The van der Waals surface area contributed by atoms with Gasteiger partial charge in [-0.3, -0.25) is 4.79 Å². The normalized spacial score (nSPS) is 55.9. The van der Waals surface area contributed by atoms with Crippen LogP contribution in [0.5, 0.6) is 0 Å². The molecule has 4 rings (SSSR count). The Morgan fingerprint density at radius 2 is 2.00 bits per heavy atom. The van der Waals surface area contributed by atoms with Crippen LogP contribution in [-0.2, 0) is 9.53 Å². The number of hydrogen-bond donors (Lipinski definition) is 2. The average Bonchev–Trinajstić information content (AvgIpc) is 2.30. The van der Waals surface area contributed by atoms with Gasteiger partial charge in [-0.25, -0.2) is 0 Å². The van der Waals surface area contributed by atoms with Gasteiger partial charge in [-0.2, -0.15) is 0 Å². The quantitative estimate of drug-likeness (QED) is 0.700. The van der Waals surface area contributed by atoms with Crippen LogP contribution >= 0.6 is 0 Å². The van der Waals surface area contributed by atoms with Gasteiger partial charge in [-0.05, 0) is 26.3 Å². The zero-order valence-corrected chi connectivity index (χ0v) is 10.4. The lowest BCUT2D eigenvalue weighted by Gasteiger charge is -2.58. The summed E-state index contributed by atoms with van der Waals surface area (Å²) in [6.45, 7) is 5.58. The molecule has 94 valence electrons. The third-order valence-electron chi connectivity index (χ3n) is 4.98. The Balaban J connectivity index is 2.26. The van der Waals surface area contributed by atoms with Crippen molar-refractivity contribution >= 4 is 5.78 Å². The Bertz CT molecular complexity index is 432. The number of ether oxygens (including phenoxy) is 1. The lowest BCUT2D eigenvalue weighted by atomic mass is 9.49. The van der Waals surface area contributed by atoms with Crippen LogP contribution in [0.1, 0.15) is 33.6 Å². The van der Waals surface area contributed by atoms with Gasteiger partial charge in [0.25, 0.3) is 0 Å². The van der Waals surface area contributed by atoms with E-state index >= 15 is 0 Å². The Hall–Kier alpha value is -0.710. The summed E-state index contributed by atoms with van der Waals surface area (Å²) in [5.41, 5.74) is -3.23. The Labute approximate surface area is 100 Å². The molecular formula is C13H18O4. The van der Waals surface area contributed by atoms with E-state index in [4.69, 9.17) is 4.74 Å². The molecule has 4 nitrogen and oxygen atoms in total. The smallest absolute Gasteiger partial charge is 0.158 e. The molecule has 4 heteroatoms. The molecule has 0 amide bonds. The monoisotopic (exact) mass is 238 g/mol. The van der Waals surface area contributed by atoms with E-state index in [9.17, 15) is 15.0 Å². The number of ketones is 1. The van der Waals surface area contributed by atoms with Crippen LogP contribution in [-0.4, -0.2) is 39.4 Å². The van der Waals surface area contributed by atoms with Crippen molar-refractivity contribution in [2.45, 2.75) is 50.4 Å². The Kier molecular flexibility index (Phi) is 1.78. The molecule has 0 spiro atoms. The summed E-state index contributed by atoms with van der Waals surface area (Å²) < 4.78 is 5.73. The van der Waals surface area contributed by atoms with Crippen molar-refractivity contribution in [3.8, 4) is 0 Å². The summed E-state index contributed by atoms with van der Waals surface area (Å²) in [5, 5.41) is 21.6. The second kappa shape index (κ2) is 2.66. The molecule has 1 heterocycles. The van der Waals surface area contributed by atoms with Crippen molar-refractivity contribution in [2.24, 2.45) is 5.41 Å². The maximum atomic E-state index is 11.6. The minimum absolute atomic E-state index is 0.170. The molecule has 4 atom stereocenters. The summed E-state index contributed by atoms with van der Waals surface area (Å²) in [6, 6.07) is 0. The highest BCUT2D eigenvalue weighted by atomic mass is 16.5. The summed E-state index contributed by atoms with van der Waals surface area (Å²) in [7, 11) is 0. The third kappa shape index (κ3) is 1.03. The molecule has 0 aromatic rings. The third-order valence-corrected chi connectivity index (χ3v) is 4.98. The van der Waals surface area contributed by atoms with Crippen molar-refractivity contribution in [3.05, 3.63) is 11.6 Å². The molecule has 1 saturated heterocycles. The maximum Gasteiger partial charge on any atom is 0.158 e. The number of rotatable bonds is 1. The van der Waals surface area contributed by atoms with E-state index in [1.807, 2.05) is 13.8 Å². The standard InChI is InChI=1S/C13H18O4/c1-8(14)9-4-13(16)10(2)5-12(9,15)6-11(13,3)17-7-10/h4,15-16H,5-7H2,1-3H3.